The summed E-state index contributed by atoms with van der Waals surface area (Å²) in [5.41, 5.74) is 2.80. The molecule has 150 valence electrons. The molecule has 1 saturated heterocycles. The molecule has 1 aliphatic rings. The first-order chi connectivity index (χ1) is 12.6. The summed E-state index contributed by atoms with van der Waals surface area (Å²) >= 11 is 0. The van der Waals surface area contributed by atoms with Crippen molar-refractivity contribution in [3.63, 3.8) is 0 Å². The number of nitrogens with zero attached hydrogens (tertiary/aromatic N) is 5. The van der Waals surface area contributed by atoms with Crippen molar-refractivity contribution in [2.45, 2.75) is 32.9 Å². The highest BCUT2D eigenvalue weighted by Crippen LogP contribution is 2.22. The molecule has 2 atom stereocenters. The van der Waals surface area contributed by atoms with Crippen LogP contribution in [0.3, 0.4) is 0 Å². The summed E-state index contributed by atoms with van der Waals surface area (Å²) in [7, 11) is 0. The highest BCUT2D eigenvalue weighted by atomic mass is 35.5. The lowest BCUT2D eigenvalue weighted by Crippen LogP contribution is -2.57. The number of nitrogens with one attached hydrogen (secondary N) is 1. The van der Waals surface area contributed by atoms with Crippen LogP contribution in [0.25, 0.3) is 16.6 Å². The number of fused-ring (bicyclic) bond motifs is 1. The van der Waals surface area contributed by atoms with Gasteiger partial charge in [0.1, 0.15) is 0 Å². The number of aromatic nitrogens is 4. The number of benzene rings is 1. The van der Waals surface area contributed by atoms with Crippen LogP contribution >= 0.6 is 24.8 Å². The monoisotopic (exact) mass is 422 g/mol. The second-order valence-corrected chi connectivity index (χ2v) is 6.77. The molecule has 1 N–H and O–H groups in total. The molecule has 1 fully saturated rings. The van der Waals surface area contributed by atoms with Gasteiger partial charge in [0.2, 0.25) is 0 Å². The van der Waals surface area contributed by atoms with Gasteiger partial charge in [0, 0.05) is 36.8 Å². The predicted octanol–water partition coefficient (Wildman–Crippen LogP) is 2.79. The summed E-state index contributed by atoms with van der Waals surface area (Å²) < 4.78 is 1.71. The van der Waals surface area contributed by atoms with E-state index in [2.05, 4.69) is 34.5 Å². The molecule has 7 nitrogen and oxygen atoms in total. The standard InChI is InChI=1S/C19H22N6O.2ClH/c1-12-13(2)24(11-10-20-12)19(26)17-14(3)25(23-22-17)16-8-4-6-15-7-5-9-21-18(15)16;;/h4-9,12-13,20H,10-11H2,1-3H3;2*1H. The molecule has 0 bridgehead atoms. The molecule has 2 aromatic heterocycles. The summed E-state index contributed by atoms with van der Waals surface area (Å²) in [5.74, 6) is -0.0669. The maximum absolute atomic E-state index is 13.1. The highest BCUT2D eigenvalue weighted by Gasteiger charge is 2.31. The molecule has 0 saturated carbocycles. The van der Waals surface area contributed by atoms with E-state index in [1.807, 2.05) is 42.2 Å². The Morgan fingerprint density at radius 3 is 2.71 bits per heavy atom. The van der Waals surface area contributed by atoms with E-state index in [-0.39, 0.29) is 42.8 Å². The van der Waals surface area contributed by atoms with E-state index >= 15 is 0 Å². The quantitative estimate of drug-likeness (QED) is 0.686. The Bertz CT molecular complexity index is 971. The van der Waals surface area contributed by atoms with Gasteiger partial charge in [-0.3, -0.25) is 9.78 Å². The van der Waals surface area contributed by atoms with Gasteiger partial charge in [0.05, 0.1) is 16.9 Å². The van der Waals surface area contributed by atoms with Gasteiger partial charge >= 0.3 is 0 Å². The van der Waals surface area contributed by atoms with E-state index in [9.17, 15) is 4.79 Å². The minimum absolute atomic E-state index is 0. The number of para-hydroxylation sites is 1. The summed E-state index contributed by atoms with van der Waals surface area (Å²) in [4.78, 5) is 19.4. The van der Waals surface area contributed by atoms with Crippen molar-refractivity contribution in [3.8, 4) is 5.69 Å². The van der Waals surface area contributed by atoms with Gasteiger partial charge in [0.15, 0.2) is 5.69 Å². The first kappa shape index (κ1) is 22.1. The molecule has 4 rings (SSSR count). The van der Waals surface area contributed by atoms with Gasteiger partial charge in [-0.25, -0.2) is 4.68 Å². The number of halogens is 2. The Morgan fingerprint density at radius 1 is 1.18 bits per heavy atom. The van der Waals surface area contributed by atoms with E-state index in [4.69, 9.17) is 0 Å². The molecule has 2 unspecified atom stereocenters. The lowest BCUT2D eigenvalue weighted by molar-refractivity contribution is 0.0596. The number of hydrogen-bond acceptors (Lipinski definition) is 5. The van der Waals surface area contributed by atoms with Gasteiger partial charge < -0.3 is 10.2 Å². The normalized spacial score (nSPS) is 19.0. The lowest BCUT2D eigenvalue weighted by Gasteiger charge is -2.38. The van der Waals surface area contributed by atoms with E-state index in [0.29, 0.717) is 12.2 Å². The third-order valence-electron chi connectivity index (χ3n) is 5.23. The minimum atomic E-state index is -0.0669. The Balaban J connectivity index is 0.00000140. The number of carbonyl (C=O) groups is 1. The van der Waals surface area contributed by atoms with Crippen LogP contribution in [0.1, 0.15) is 30.0 Å². The van der Waals surface area contributed by atoms with E-state index in [1.54, 1.807) is 10.9 Å². The second-order valence-electron chi connectivity index (χ2n) is 6.77. The van der Waals surface area contributed by atoms with Crippen molar-refractivity contribution in [3.05, 3.63) is 47.9 Å². The van der Waals surface area contributed by atoms with Crippen LogP contribution in [0.15, 0.2) is 36.5 Å². The number of carbonyl (C=O) groups excluding carboxylic acids is 1. The zero-order valence-corrected chi connectivity index (χ0v) is 17.6. The number of rotatable bonds is 2. The van der Waals surface area contributed by atoms with Crippen LogP contribution in [0, 0.1) is 6.92 Å². The Labute approximate surface area is 176 Å². The van der Waals surface area contributed by atoms with Crippen LogP contribution in [0.5, 0.6) is 0 Å². The average Bonchev–Trinajstić information content (AvgIpc) is 3.04. The topological polar surface area (TPSA) is 75.9 Å². The Kier molecular flexibility index (Phi) is 6.98. The van der Waals surface area contributed by atoms with Crippen molar-refractivity contribution >= 4 is 41.6 Å². The molecule has 1 aromatic carbocycles. The van der Waals surface area contributed by atoms with Crippen LogP contribution in [0.4, 0.5) is 0 Å². The molecular weight excluding hydrogens is 399 g/mol. The SMILES string of the molecule is Cc1c(C(=O)N2CCNC(C)C2C)nnn1-c1cccc2cccnc12.Cl.Cl. The summed E-state index contributed by atoms with van der Waals surface area (Å²) in [6.45, 7) is 7.49. The van der Waals surface area contributed by atoms with Crippen molar-refractivity contribution in [1.82, 2.24) is 30.2 Å². The Hall–Kier alpha value is -2.22. The van der Waals surface area contributed by atoms with E-state index in [0.717, 1.165) is 28.8 Å². The minimum Gasteiger partial charge on any atom is -0.332 e. The molecule has 0 spiro atoms. The van der Waals surface area contributed by atoms with Gasteiger partial charge in [0.25, 0.3) is 5.91 Å². The smallest absolute Gasteiger partial charge is 0.276 e. The zero-order chi connectivity index (χ0) is 18.3. The summed E-state index contributed by atoms with van der Waals surface area (Å²) in [6, 6.07) is 10.2. The molecule has 9 heteroatoms. The van der Waals surface area contributed by atoms with Crippen molar-refractivity contribution < 1.29 is 4.79 Å². The lowest BCUT2D eigenvalue weighted by atomic mass is 10.1. The molecular formula is C19H24Cl2N6O. The molecule has 0 aliphatic carbocycles. The summed E-state index contributed by atoms with van der Waals surface area (Å²) in [6.07, 6.45) is 1.76. The molecule has 3 heterocycles. The molecule has 28 heavy (non-hydrogen) atoms. The van der Waals surface area contributed by atoms with Crippen LogP contribution < -0.4 is 5.32 Å². The van der Waals surface area contributed by atoms with Crippen molar-refractivity contribution in [2.75, 3.05) is 13.1 Å². The first-order valence-corrected chi connectivity index (χ1v) is 8.88. The maximum atomic E-state index is 13.1. The summed E-state index contributed by atoms with van der Waals surface area (Å²) in [5, 5.41) is 12.9. The number of pyridine rings is 1. The average molecular weight is 423 g/mol. The van der Waals surface area contributed by atoms with Crippen LogP contribution in [0.2, 0.25) is 0 Å². The maximum Gasteiger partial charge on any atom is 0.276 e. The van der Waals surface area contributed by atoms with Gasteiger partial charge in [-0.1, -0.05) is 23.4 Å². The largest absolute Gasteiger partial charge is 0.332 e. The predicted molar refractivity (Wildman–Crippen MR) is 114 cm³/mol. The second kappa shape index (κ2) is 8.86. The number of hydrogen-bond donors (Lipinski definition) is 1. The van der Waals surface area contributed by atoms with E-state index in [1.165, 1.54) is 0 Å². The van der Waals surface area contributed by atoms with E-state index < -0.39 is 0 Å². The third-order valence-corrected chi connectivity index (χ3v) is 5.23. The van der Waals surface area contributed by atoms with Crippen LogP contribution in [-0.4, -0.2) is 56.0 Å². The van der Waals surface area contributed by atoms with Crippen LogP contribution in [-0.2, 0) is 0 Å². The first-order valence-electron chi connectivity index (χ1n) is 8.88. The molecule has 0 radical (unpaired) electrons. The fraction of sp³-hybridized carbons (Fsp3) is 0.368. The van der Waals surface area contributed by atoms with Gasteiger partial charge in [-0.15, -0.1) is 29.9 Å². The van der Waals surface area contributed by atoms with Gasteiger partial charge in [-0.2, -0.15) is 0 Å². The number of piperazine rings is 1. The van der Waals surface area contributed by atoms with Gasteiger partial charge in [-0.05, 0) is 32.9 Å². The Morgan fingerprint density at radius 2 is 1.93 bits per heavy atom. The fourth-order valence-electron chi connectivity index (χ4n) is 3.49. The van der Waals surface area contributed by atoms with Crippen molar-refractivity contribution in [2.24, 2.45) is 0 Å². The number of amides is 1. The molecule has 1 amide bonds. The zero-order valence-electron chi connectivity index (χ0n) is 16.0. The van der Waals surface area contributed by atoms with Crippen molar-refractivity contribution in [1.29, 1.82) is 0 Å². The third kappa shape index (κ3) is 3.70. The fourth-order valence-corrected chi connectivity index (χ4v) is 3.49. The highest BCUT2D eigenvalue weighted by molar-refractivity contribution is 5.94. The molecule has 3 aromatic rings. The molecule has 1 aliphatic heterocycles.